The molecule has 1 aliphatic heterocycles. The second kappa shape index (κ2) is 5.83. The Bertz CT molecular complexity index is 529. The highest BCUT2D eigenvalue weighted by molar-refractivity contribution is 7.89. The highest BCUT2D eigenvalue weighted by Gasteiger charge is 2.32. The Labute approximate surface area is 119 Å². The van der Waals surface area contributed by atoms with Gasteiger partial charge in [0.2, 0.25) is 10.0 Å². The first kappa shape index (κ1) is 14.8. The molecule has 1 aliphatic rings. The molecule has 0 spiro atoms. The van der Waals surface area contributed by atoms with Crippen LogP contribution in [0.15, 0.2) is 17.2 Å². The first-order valence-electron chi connectivity index (χ1n) is 6.42. The van der Waals surface area contributed by atoms with Gasteiger partial charge in [-0.2, -0.15) is 4.31 Å². The molecule has 2 heterocycles. The molecule has 7 heteroatoms. The third kappa shape index (κ3) is 2.97. The molecular formula is C12H20ClN3O2S. The molecule has 5 nitrogen and oxygen atoms in total. The van der Waals surface area contributed by atoms with Gasteiger partial charge in [0, 0.05) is 37.6 Å². The fourth-order valence-electron chi connectivity index (χ4n) is 2.37. The zero-order valence-electron chi connectivity index (χ0n) is 11.3. The zero-order valence-corrected chi connectivity index (χ0v) is 12.8. The van der Waals surface area contributed by atoms with Crippen molar-refractivity contribution in [2.45, 2.75) is 30.2 Å². The van der Waals surface area contributed by atoms with Crippen LogP contribution in [0.2, 0.25) is 0 Å². The number of halogens is 1. The minimum absolute atomic E-state index is 0.287. The number of rotatable bonds is 4. The van der Waals surface area contributed by atoms with Crippen molar-refractivity contribution >= 4 is 21.6 Å². The first-order chi connectivity index (χ1) is 8.98. The van der Waals surface area contributed by atoms with Crippen LogP contribution in [0.4, 0.5) is 0 Å². The Balaban J connectivity index is 2.20. The molecule has 1 N–H and O–H groups in total. The van der Waals surface area contributed by atoms with Gasteiger partial charge in [-0.3, -0.25) is 0 Å². The Morgan fingerprint density at radius 1 is 1.47 bits per heavy atom. The molecule has 0 bridgehead atoms. The quantitative estimate of drug-likeness (QED) is 0.857. The Kier molecular flexibility index (Phi) is 4.55. The summed E-state index contributed by atoms with van der Waals surface area (Å²) >= 11 is 5.69. The molecule has 1 aromatic rings. The van der Waals surface area contributed by atoms with E-state index in [-0.39, 0.29) is 11.9 Å². The molecule has 0 aliphatic carbocycles. The minimum atomic E-state index is -3.40. The van der Waals surface area contributed by atoms with Crippen molar-refractivity contribution in [2.75, 3.05) is 26.7 Å². The normalized spacial score (nSPS) is 22.8. The van der Waals surface area contributed by atoms with Crippen LogP contribution in [-0.4, -0.2) is 55.3 Å². The van der Waals surface area contributed by atoms with E-state index in [1.54, 1.807) is 10.4 Å². The van der Waals surface area contributed by atoms with Crippen molar-refractivity contribution in [3.63, 3.8) is 0 Å². The number of nitrogens with one attached hydrogen (secondary N) is 1. The summed E-state index contributed by atoms with van der Waals surface area (Å²) in [5.74, 6) is 0.288. The molecule has 0 amide bonds. The fraction of sp³-hybridized carbons (Fsp3) is 0.667. The average Bonchev–Trinajstić information content (AvgIpc) is 2.88. The van der Waals surface area contributed by atoms with Crippen LogP contribution in [0.3, 0.4) is 0 Å². The van der Waals surface area contributed by atoms with E-state index in [0.29, 0.717) is 18.0 Å². The van der Waals surface area contributed by atoms with Crippen LogP contribution < -0.4 is 0 Å². The largest absolute Gasteiger partial charge is 0.363 e. The standard InChI is InChI=1S/C12H20ClN3O2S/c1-3-11-9-16(5-4-15(11)2)19(17,18)12-6-10(7-13)14-8-12/h6,8,11,14H,3-5,7,9H2,1-2H3. The lowest BCUT2D eigenvalue weighted by Gasteiger charge is -2.38. The second-order valence-electron chi connectivity index (χ2n) is 4.90. The number of alkyl halides is 1. The highest BCUT2D eigenvalue weighted by atomic mass is 35.5. The number of nitrogens with zero attached hydrogens (tertiary/aromatic N) is 2. The summed E-state index contributed by atoms with van der Waals surface area (Å²) in [5.41, 5.74) is 0.724. The fourth-order valence-corrected chi connectivity index (χ4v) is 4.01. The molecule has 0 aromatic carbocycles. The predicted molar refractivity (Wildman–Crippen MR) is 75.8 cm³/mol. The summed E-state index contributed by atoms with van der Waals surface area (Å²) in [5, 5.41) is 0. The third-order valence-electron chi connectivity index (χ3n) is 3.71. The van der Waals surface area contributed by atoms with E-state index in [0.717, 1.165) is 18.7 Å². The smallest absolute Gasteiger partial charge is 0.244 e. The number of hydrogen-bond acceptors (Lipinski definition) is 3. The van der Waals surface area contributed by atoms with Gasteiger partial charge in [0.25, 0.3) is 0 Å². The maximum Gasteiger partial charge on any atom is 0.244 e. The Morgan fingerprint density at radius 2 is 2.21 bits per heavy atom. The van der Waals surface area contributed by atoms with Crippen LogP contribution in [-0.2, 0) is 15.9 Å². The van der Waals surface area contributed by atoms with Gasteiger partial charge in [-0.25, -0.2) is 8.42 Å². The first-order valence-corrected chi connectivity index (χ1v) is 8.40. The summed E-state index contributed by atoms with van der Waals surface area (Å²) in [6.07, 6.45) is 2.47. The molecule has 1 saturated heterocycles. The Hall–Kier alpha value is -0.560. The van der Waals surface area contributed by atoms with Crippen molar-refractivity contribution in [2.24, 2.45) is 0 Å². The van der Waals surface area contributed by atoms with Crippen molar-refractivity contribution in [1.82, 2.24) is 14.2 Å². The van der Waals surface area contributed by atoms with E-state index in [1.165, 1.54) is 6.20 Å². The highest BCUT2D eigenvalue weighted by Crippen LogP contribution is 2.21. The van der Waals surface area contributed by atoms with Crippen molar-refractivity contribution in [3.05, 3.63) is 18.0 Å². The van der Waals surface area contributed by atoms with Crippen LogP contribution in [0, 0.1) is 0 Å². The van der Waals surface area contributed by atoms with Gasteiger partial charge in [-0.15, -0.1) is 11.6 Å². The van der Waals surface area contributed by atoms with E-state index in [2.05, 4.69) is 16.8 Å². The molecule has 108 valence electrons. The zero-order chi connectivity index (χ0) is 14.0. The number of piperazine rings is 1. The predicted octanol–water partition coefficient (Wildman–Crippen LogP) is 1.47. The topological polar surface area (TPSA) is 56.4 Å². The summed E-state index contributed by atoms with van der Waals surface area (Å²) in [7, 11) is -1.36. The van der Waals surface area contributed by atoms with Gasteiger partial charge in [0.15, 0.2) is 0 Å². The number of aromatic nitrogens is 1. The molecule has 19 heavy (non-hydrogen) atoms. The lowest BCUT2D eigenvalue weighted by atomic mass is 10.1. The molecule has 2 rings (SSSR count). The maximum atomic E-state index is 12.5. The van der Waals surface area contributed by atoms with Gasteiger partial charge in [-0.1, -0.05) is 6.92 Å². The van der Waals surface area contributed by atoms with E-state index >= 15 is 0 Å². The summed E-state index contributed by atoms with van der Waals surface area (Å²) in [4.78, 5) is 5.41. The van der Waals surface area contributed by atoms with Gasteiger partial charge < -0.3 is 9.88 Å². The van der Waals surface area contributed by atoms with Crippen molar-refractivity contribution in [1.29, 1.82) is 0 Å². The van der Waals surface area contributed by atoms with Gasteiger partial charge in [0.05, 0.1) is 10.8 Å². The average molecular weight is 306 g/mol. The van der Waals surface area contributed by atoms with E-state index in [9.17, 15) is 8.42 Å². The molecule has 1 unspecified atom stereocenters. The summed E-state index contributed by atoms with van der Waals surface area (Å²) < 4.78 is 26.6. The van der Waals surface area contributed by atoms with E-state index in [4.69, 9.17) is 11.6 Å². The number of likely N-dealkylation sites (N-methyl/N-ethyl adjacent to an activating group) is 1. The van der Waals surface area contributed by atoms with Crippen molar-refractivity contribution in [3.8, 4) is 0 Å². The minimum Gasteiger partial charge on any atom is -0.363 e. The number of hydrogen-bond donors (Lipinski definition) is 1. The summed E-state index contributed by atoms with van der Waals surface area (Å²) in [6, 6.07) is 1.90. The van der Waals surface area contributed by atoms with E-state index in [1.807, 2.05) is 7.05 Å². The van der Waals surface area contributed by atoms with Gasteiger partial charge in [0.1, 0.15) is 0 Å². The molecule has 1 aromatic heterocycles. The molecule has 0 saturated carbocycles. The van der Waals surface area contributed by atoms with Crippen LogP contribution >= 0.6 is 11.6 Å². The van der Waals surface area contributed by atoms with Crippen molar-refractivity contribution < 1.29 is 8.42 Å². The monoisotopic (exact) mass is 305 g/mol. The second-order valence-corrected chi connectivity index (χ2v) is 7.11. The van der Waals surface area contributed by atoms with Crippen LogP contribution in [0.1, 0.15) is 19.0 Å². The van der Waals surface area contributed by atoms with Crippen LogP contribution in [0.25, 0.3) is 0 Å². The van der Waals surface area contributed by atoms with Crippen LogP contribution in [0.5, 0.6) is 0 Å². The number of H-pyrrole nitrogens is 1. The molecule has 1 atom stereocenters. The lowest BCUT2D eigenvalue weighted by Crippen LogP contribution is -2.52. The van der Waals surface area contributed by atoms with Gasteiger partial charge >= 0.3 is 0 Å². The molecular weight excluding hydrogens is 286 g/mol. The lowest BCUT2D eigenvalue weighted by molar-refractivity contribution is 0.144. The SMILES string of the molecule is CCC1CN(S(=O)(=O)c2c[nH]c(CCl)c2)CCN1C. The third-order valence-corrected chi connectivity index (χ3v) is 5.84. The summed E-state index contributed by atoms with van der Waals surface area (Å²) in [6.45, 7) is 3.94. The number of sulfonamides is 1. The number of aromatic amines is 1. The Morgan fingerprint density at radius 3 is 2.79 bits per heavy atom. The van der Waals surface area contributed by atoms with E-state index < -0.39 is 10.0 Å². The molecule has 0 radical (unpaired) electrons. The van der Waals surface area contributed by atoms with Gasteiger partial charge in [-0.05, 0) is 19.5 Å². The maximum absolute atomic E-state index is 12.5. The molecule has 1 fully saturated rings.